The minimum Gasteiger partial charge on any atom is -0.399 e. The van der Waals surface area contributed by atoms with Gasteiger partial charge >= 0.3 is 0 Å². The monoisotopic (exact) mass is 344 g/mol. The number of nitrogens with two attached hydrogens (primary N) is 1. The molecule has 106 valence electrons. The summed E-state index contributed by atoms with van der Waals surface area (Å²) in [5, 5.41) is 2.85. The first kappa shape index (κ1) is 13.6. The predicted molar refractivity (Wildman–Crippen MR) is 87.3 cm³/mol. The number of fused-ring (bicyclic) bond motifs is 1. The van der Waals surface area contributed by atoms with E-state index in [2.05, 4.69) is 31.2 Å². The fourth-order valence-corrected chi connectivity index (χ4v) is 2.67. The molecule has 0 unspecified atom stereocenters. The van der Waals surface area contributed by atoms with Crippen molar-refractivity contribution >= 4 is 44.2 Å². The van der Waals surface area contributed by atoms with Crippen molar-refractivity contribution in [1.29, 1.82) is 0 Å². The second kappa shape index (κ2) is 5.21. The summed E-state index contributed by atoms with van der Waals surface area (Å²) in [7, 11) is 0. The van der Waals surface area contributed by atoms with Crippen molar-refractivity contribution in [2.45, 2.75) is 6.92 Å². The molecule has 3 rings (SSSR count). The summed E-state index contributed by atoms with van der Waals surface area (Å²) in [4.78, 5) is 19.7. The SMILES string of the molecule is Cc1nc2ccc(NC(=O)c3cc(N)cc(Br)c3)cc2[nH]1. The lowest BCUT2D eigenvalue weighted by Gasteiger charge is -2.06. The maximum absolute atomic E-state index is 12.2. The first-order valence-electron chi connectivity index (χ1n) is 6.35. The number of hydrogen-bond donors (Lipinski definition) is 3. The van der Waals surface area contributed by atoms with Crippen LogP contribution in [0.3, 0.4) is 0 Å². The van der Waals surface area contributed by atoms with Gasteiger partial charge in [-0.15, -0.1) is 0 Å². The molecule has 0 saturated carbocycles. The van der Waals surface area contributed by atoms with Crippen LogP contribution in [-0.2, 0) is 0 Å². The molecule has 4 N–H and O–H groups in total. The number of carbonyl (C=O) groups excluding carboxylic acids is 1. The number of aryl methyl sites for hydroxylation is 1. The summed E-state index contributed by atoms with van der Waals surface area (Å²) in [5.41, 5.74) is 9.25. The summed E-state index contributed by atoms with van der Waals surface area (Å²) in [6.07, 6.45) is 0. The molecule has 0 spiro atoms. The van der Waals surface area contributed by atoms with Gasteiger partial charge in [-0.2, -0.15) is 0 Å². The highest BCUT2D eigenvalue weighted by Gasteiger charge is 2.09. The highest BCUT2D eigenvalue weighted by Crippen LogP contribution is 2.20. The lowest BCUT2D eigenvalue weighted by atomic mass is 10.2. The lowest BCUT2D eigenvalue weighted by molar-refractivity contribution is 0.102. The molecule has 21 heavy (non-hydrogen) atoms. The number of anilines is 2. The van der Waals surface area contributed by atoms with E-state index in [1.807, 2.05) is 25.1 Å². The molecule has 0 radical (unpaired) electrons. The van der Waals surface area contributed by atoms with E-state index in [0.29, 0.717) is 16.9 Å². The van der Waals surface area contributed by atoms with E-state index < -0.39 is 0 Å². The molecule has 0 bridgehead atoms. The minimum absolute atomic E-state index is 0.210. The summed E-state index contributed by atoms with van der Waals surface area (Å²) >= 11 is 3.33. The van der Waals surface area contributed by atoms with Gasteiger partial charge < -0.3 is 16.0 Å². The van der Waals surface area contributed by atoms with Gasteiger partial charge in [-0.3, -0.25) is 4.79 Å². The zero-order chi connectivity index (χ0) is 15.0. The number of nitrogens with one attached hydrogen (secondary N) is 2. The number of carbonyl (C=O) groups is 1. The zero-order valence-corrected chi connectivity index (χ0v) is 12.9. The molecule has 0 aliphatic rings. The average Bonchev–Trinajstić information content (AvgIpc) is 2.77. The van der Waals surface area contributed by atoms with Gasteiger partial charge in [0.15, 0.2) is 0 Å². The van der Waals surface area contributed by atoms with E-state index in [1.165, 1.54) is 0 Å². The van der Waals surface area contributed by atoms with Crippen molar-refractivity contribution in [3.8, 4) is 0 Å². The molecule has 6 heteroatoms. The molecule has 0 aliphatic heterocycles. The van der Waals surface area contributed by atoms with Gasteiger partial charge in [0.1, 0.15) is 5.82 Å². The summed E-state index contributed by atoms with van der Waals surface area (Å²) in [6.45, 7) is 1.89. The fraction of sp³-hybridized carbons (Fsp3) is 0.0667. The van der Waals surface area contributed by atoms with Crippen LogP contribution in [0.4, 0.5) is 11.4 Å². The van der Waals surface area contributed by atoms with Crippen molar-refractivity contribution in [2.24, 2.45) is 0 Å². The summed E-state index contributed by atoms with van der Waals surface area (Å²) < 4.78 is 0.771. The van der Waals surface area contributed by atoms with Crippen LogP contribution in [0.15, 0.2) is 40.9 Å². The van der Waals surface area contributed by atoms with Crippen LogP contribution in [0.5, 0.6) is 0 Å². The third kappa shape index (κ3) is 2.90. The standard InChI is InChI=1S/C15H13BrN4O/c1-8-18-13-3-2-12(7-14(13)19-8)20-15(21)9-4-10(16)6-11(17)5-9/h2-7H,17H2,1H3,(H,18,19)(H,20,21). The molecule has 0 atom stereocenters. The van der Waals surface area contributed by atoms with E-state index >= 15 is 0 Å². The molecule has 1 amide bonds. The molecule has 1 heterocycles. The normalized spacial score (nSPS) is 10.8. The topological polar surface area (TPSA) is 83.8 Å². The largest absolute Gasteiger partial charge is 0.399 e. The van der Waals surface area contributed by atoms with Crippen molar-refractivity contribution < 1.29 is 4.79 Å². The van der Waals surface area contributed by atoms with Crippen molar-refractivity contribution in [3.05, 3.63) is 52.3 Å². The molecule has 1 aromatic heterocycles. The van der Waals surface area contributed by atoms with E-state index in [4.69, 9.17) is 5.73 Å². The van der Waals surface area contributed by atoms with Crippen molar-refractivity contribution in [1.82, 2.24) is 9.97 Å². The van der Waals surface area contributed by atoms with Gasteiger partial charge in [0, 0.05) is 21.4 Å². The second-order valence-corrected chi connectivity index (χ2v) is 5.70. The second-order valence-electron chi connectivity index (χ2n) is 4.78. The highest BCUT2D eigenvalue weighted by molar-refractivity contribution is 9.10. The van der Waals surface area contributed by atoms with E-state index in [0.717, 1.165) is 21.3 Å². The number of aromatic nitrogens is 2. The number of nitrogens with zero attached hydrogens (tertiary/aromatic N) is 1. The number of aromatic amines is 1. The molecular formula is C15H13BrN4O. The van der Waals surface area contributed by atoms with Crippen LogP contribution in [-0.4, -0.2) is 15.9 Å². The highest BCUT2D eigenvalue weighted by atomic mass is 79.9. The summed E-state index contributed by atoms with van der Waals surface area (Å²) in [6, 6.07) is 10.7. The predicted octanol–water partition coefficient (Wildman–Crippen LogP) is 3.47. The Hall–Kier alpha value is -2.34. The Balaban J connectivity index is 1.88. The van der Waals surface area contributed by atoms with E-state index in [9.17, 15) is 4.79 Å². The molecule has 3 aromatic rings. The number of amides is 1. The number of hydrogen-bond acceptors (Lipinski definition) is 3. The van der Waals surface area contributed by atoms with E-state index in [-0.39, 0.29) is 5.91 Å². The maximum atomic E-state index is 12.2. The number of imidazole rings is 1. The number of benzene rings is 2. The first-order chi connectivity index (χ1) is 10.0. The third-order valence-corrected chi connectivity index (χ3v) is 3.50. The van der Waals surface area contributed by atoms with Crippen LogP contribution in [0.1, 0.15) is 16.2 Å². The Labute approximate surface area is 129 Å². The Morgan fingerprint density at radius 2 is 2.10 bits per heavy atom. The van der Waals surface area contributed by atoms with Gasteiger partial charge in [0.2, 0.25) is 0 Å². The number of nitrogen functional groups attached to an aromatic ring is 1. The van der Waals surface area contributed by atoms with Crippen LogP contribution in [0.25, 0.3) is 11.0 Å². The van der Waals surface area contributed by atoms with Gasteiger partial charge in [-0.05, 0) is 43.3 Å². The minimum atomic E-state index is -0.210. The number of H-pyrrole nitrogens is 1. The Morgan fingerprint density at radius 1 is 1.29 bits per heavy atom. The Bertz CT molecular complexity index is 821. The van der Waals surface area contributed by atoms with Crippen LogP contribution in [0, 0.1) is 6.92 Å². The lowest BCUT2D eigenvalue weighted by Crippen LogP contribution is -2.12. The van der Waals surface area contributed by atoms with Gasteiger partial charge in [-0.25, -0.2) is 4.98 Å². The fourth-order valence-electron chi connectivity index (χ4n) is 2.16. The van der Waals surface area contributed by atoms with Gasteiger partial charge in [0.05, 0.1) is 11.0 Å². The van der Waals surface area contributed by atoms with Crippen LogP contribution in [0.2, 0.25) is 0 Å². The summed E-state index contributed by atoms with van der Waals surface area (Å²) in [5.74, 6) is 0.631. The van der Waals surface area contributed by atoms with Crippen LogP contribution < -0.4 is 11.1 Å². The zero-order valence-electron chi connectivity index (χ0n) is 11.3. The van der Waals surface area contributed by atoms with Gasteiger partial charge in [0.25, 0.3) is 5.91 Å². The Morgan fingerprint density at radius 3 is 2.86 bits per heavy atom. The van der Waals surface area contributed by atoms with Crippen LogP contribution >= 0.6 is 15.9 Å². The first-order valence-corrected chi connectivity index (χ1v) is 7.14. The van der Waals surface area contributed by atoms with E-state index in [1.54, 1.807) is 18.2 Å². The molecule has 0 aliphatic carbocycles. The molecule has 5 nitrogen and oxygen atoms in total. The number of halogens is 1. The Kier molecular flexibility index (Phi) is 3.39. The molecule has 0 fully saturated rings. The molecule has 0 saturated heterocycles. The number of rotatable bonds is 2. The van der Waals surface area contributed by atoms with Crippen molar-refractivity contribution in [3.63, 3.8) is 0 Å². The molecular weight excluding hydrogens is 332 g/mol. The average molecular weight is 345 g/mol. The maximum Gasteiger partial charge on any atom is 0.255 e. The van der Waals surface area contributed by atoms with Crippen molar-refractivity contribution in [2.75, 3.05) is 11.1 Å². The smallest absolute Gasteiger partial charge is 0.255 e. The van der Waals surface area contributed by atoms with Gasteiger partial charge in [-0.1, -0.05) is 15.9 Å². The quantitative estimate of drug-likeness (QED) is 0.622. The third-order valence-electron chi connectivity index (χ3n) is 3.04. The molecule has 2 aromatic carbocycles.